The summed E-state index contributed by atoms with van der Waals surface area (Å²) in [5.74, 6) is 0.960. The highest BCUT2D eigenvalue weighted by atomic mass is 35.5. The van der Waals surface area contributed by atoms with Gasteiger partial charge in [-0.15, -0.1) is 0 Å². The van der Waals surface area contributed by atoms with Gasteiger partial charge >= 0.3 is 0 Å². The molecule has 1 aliphatic heterocycles. The topological polar surface area (TPSA) is 101 Å². The number of hydrogen-bond donors (Lipinski definition) is 0. The first-order valence-electron chi connectivity index (χ1n) is 9.57. The minimum absolute atomic E-state index is 0.0280. The fourth-order valence-corrected chi connectivity index (χ4v) is 3.83. The molecule has 0 radical (unpaired) electrons. The van der Waals surface area contributed by atoms with Crippen molar-refractivity contribution in [2.75, 3.05) is 6.61 Å². The van der Waals surface area contributed by atoms with Crippen molar-refractivity contribution in [3.63, 3.8) is 0 Å². The number of rotatable bonds is 4. The summed E-state index contributed by atoms with van der Waals surface area (Å²) >= 11 is 5.96. The van der Waals surface area contributed by atoms with Crippen molar-refractivity contribution in [3.8, 4) is 0 Å². The first-order valence-corrected chi connectivity index (χ1v) is 9.95. The summed E-state index contributed by atoms with van der Waals surface area (Å²) in [4.78, 5) is 25.8. The summed E-state index contributed by atoms with van der Waals surface area (Å²) in [6, 6.07) is 7.64. The molecule has 0 spiro atoms. The Morgan fingerprint density at radius 3 is 2.87 bits per heavy atom. The number of halogens is 1. The Morgan fingerprint density at radius 2 is 2.07 bits per heavy atom. The molecule has 1 aromatic carbocycles. The number of imidazole rings is 1. The summed E-state index contributed by atoms with van der Waals surface area (Å²) in [5.41, 5.74) is 2.48. The van der Waals surface area contributed by atoms with Gasteiger partial charge in [-0.2, -0.15) is 4.98 Å². The third kappa shape index (κ3) is 3.31. The molecule has 0 saturated carbocycles. The van der Waals surface area contributed by atoms with Crippen LogP contribution < -0.4 is 11.3 Å². The molecule has 1 fully saturated rings. The summed E-state index contributed by atoms with van der Waals surface area (Å²) < 4.78 is 14.5. The molecule has 4 heterocycles. The number of aromatic nitrogens is 6. The second-order valence-electron chi connectivity index (χ2n) is 7.42. The molecule has 4 aromatic rings. The third-order valence-corrected chi connectivity index (χ3v) is 5.73. The molecule has 1 aliphatic rings. The molecule has 11 heteroatoms. The lowest BCUT2D eigenvalue weighted by Crippen LogP contribution is -2.24. The van der Waals surface area contributed by atoms with Crippen molar-refractivity contribution in [1.82, 2.24) is 29.2 Å². The smallest absolute Gasteiger partial charge is 0.280 e. The highest BCUT2D eigenvalue weighted by Crippen LogP contribution is 2.37. The zero-order valence-corrected chi connectivity index (χ0v) is 17.2. The van der Waals surface area contributed by atoms with Crippen molar-refractivity contribution < 1.29 is 9.26 Å². The lowest BCUT2D eigenvalue weighted by molar-refractivity contribution is 0.110. The second kappa shape index (κ2) is 7.37. The van der Waals surface area contributed by atoms with E-state index in [-0.39, 0.29) is 24.1 Å². The van der Waals surface area contributed by atoms with E-state index in [1.165, 1.54) is 10.9 Å². The SMILES string of the molecule is Bc1nc2ncn(Cc3nc([C@@H]4CO[C@@H](c5ccc(Cl)cc5)C4)no3)c(=O)c2n1C. The average molecular weight is 425 g/mol. The Morgan fingerprint density at radius 1 is 1.27 bits per heavy atom. The van der Waals surface area contributed by atoms with E-state index in [1.54, 1.807) is 11.6 Å². The average Bonchev–Trinajstić information content (AvgIpc) is 3.45. The van der Waals surface area contributed by atoms with E-state index < -0.39 is 0 Å². The summed E-state index contributed by atoms with van der Waals surface area (Å²) in [6.45, 7) is 0.654. The number of aryl methyl sites for hydroxylation is 1. The zero-order chi connectivity index (χ0) is 20.8. The first-order chi connectivity index (χ1) is 14.5. The summed E-state index contributed by atoms with van der Waals surface area (Å²) in [7, 11) is 3.62. The van der Waals surface area contributed by atoms with E-state index in [9.17, 15) is 4.79 Å². The van der Waals surface area contributed by atoms with Crippen molar-refractivity contribution >= 4 is 36.3 Å². The van der Waals surface area contributed by atoms with Crippen LogP contribution in [0, 0.1) is 0 Å². The Balaban J connectivity index is 1.33. The van der Waals surface area contributed by atoms with E-state index in [2.05, 4.69) is 20.1 Å². The second-order valence-corrected chi connectivity index (χ2v) is 7.86. The van der Waals surface area contributed by atoms with Crippen LogP contribution in [0.25, 0.3) is 11.2 Å². The van der Waals surface area contributed by atoms with Gasteiger partial charge in [0.2, 0.25) is 5.89 Å². The molecule has 30 heavy (non-hydrogen) atoms. The van der Waals surface area contributed by atoms with Gasteiger partial charge in [-0.3, -0.25) is 9.36 Å². The Hall–Kier alpha value is -2.98. The minimum Gasteiger partial charge on any atom is -0.373 e. The van der Waals surface area contributed by atoms with Crippen LogP contribution in [0.2, 0.25) is 5.02 Å². The molecule has 2 atom stereocenters. The van der Waals surface area contributed by atoms with Crippen LogP contribution in [0.1, 0.15) is 35.7 Å². The molecule has 0 bridgehead atoms. The first kappa shape index (κ1) is 19.0. The summed E-state index contributed by atoms with van der Waals surface area (Å²) in [6.07, 6.45) is 2.18. The van der Waals surface area contributed by atoms with Gasteiger partial charge in [0.25, 0.3) is 5.56 Å². The number of fused-ring (bicyclic) bond motifs is 1. The lowest BCUT2D eigenvalue weighted by Gasteiger charge is -2.09. The Bertz CT molecular complexity index is 1280. The fourth-order valence-electron chi connectivity index (χ4n) is 3.71. The van der Waals surface area contributed by atoms with E-state index in [1.807, 2.05) is 32.1 Å². The number of benzene rings is 1. The van der Waals surface area contributed by atoms with Crippen LogP contribution in [-0.4, -0.2) is 43.7 Å². The lowest BCUT2D eigenvalue weighted by atomic mass is 10.0. The molecule has 9 nitrogen and oxygen atoms in total. The van der Waals surface area contributed by atoms with Crippen LogP contribution in [0.15, 0.2) is 39.9 Å². The van der Waals surface area contributed by atoms with Crippen LogP contribution in [0.5, 0.6) is 0 Å². The highest BCUT2D eigenvalue weighted by Gasteiger charge is 2.31. The summed E-state index contributed by atoms with van der Waals surface area (Å²) in [5, 5.41) is 4.80. The molecular weight excluding hydrogens is 407 g/mol. The molecule has 0 aliphatic carbocycles. The molecule has 1 saturated heterocycles. The van der Waals surface area contributed by atoms with Crippen molar-refractivity contribution in [1.29, 1.82) is 0 Å². The number of hydrogen-bond acceptors (Lipinski definition) is 7. The number of ether oxygens (including phenoxy) is 1. The fraction of sp³-hybridized carbons (Fsp3) is 0.316. The molecule has 0 N–H and O–H groups in total. The van der Waals surface area contributed by atoms with Gasteiger partial charge in [0, 0.05) is 18.0 Å². The van der Waals surface area contributed by atoms with Crippen LogP contribution >= 0.6 is 11.6 Å². The van der Waals surface area contributed by atoms with Crippen LogP contribution in [0.4, 0.5) is 0 Å². The van der Waals surface area contributed by atoms with Gasteiger partial charge in [0.15, 0.2) is 24.8 Å². The predicted molar refractivity (Wildman–Crippen MR) is 112 cm³/mol. The van der Waals surface area contributed by atoms with Gasteiger partial charge in [0.05, 0.1) is 18.4 Å². The maximum atomic E-state index is 12.8. The van der Waals surface area contributed by atoms with Gasteiger partial charge in [0.1, 0.15) is 12.9 Å². The molecule has 152 valence electrons. The van der Waals surface area contributed by atoms with Gasteiger partial charge in [-0.1, -0.05) is 28.9 Å². The molecule has 3 aromatic heterocycles. The largest absolute Gasteiger partial charge is 0.373 e. The normalized spacial score (nSPS) is 19.0. The van der Waals surface area contributed by atoms with Crippen molar-refractivity contribution in [2.45, 2.75) is 25.0 Å². The minimum atomic E-state index is -0.199. The Labute approximate surface area is 177 Å². The van der Waals surface area contributed by atoms with Crippen molar-refractivity contribution in [3.05, 3.63) is 63.2 Å². The van der Waals surface area contributed by atoms with E-state index in [0.717, 1.165) is 17.7 Å². The molecule has 0 unspecified atom stereocenters. The predicted octanol–water partition coefficient (Wildman–Crippen LogP) is 0.718. The van der Waals surface area contributed by atoms with Crippen LogP contribution in [0.3, 0.4) is 0 Å². The van der Waals surface area contributed by atoms with E-state index in [0.29, 0.717) is 34.5 Å². The van der Waals surface area contributed by atoms with Gasteiger partial charge in [-0.05, 0) is 24.1 Å². The van der Waals surface area contributed by atoms with Crippen molar-refractivity contribution in [2.24, 2.45) is 7.05 Å². The highest BCUT2D eigenvalue weighted by molar-refractivity contribution is 6.30. The number of nitrogens with zero attached hydrogens (tertiary/aromatic N) is 6. The van der Waals surface area contributed by atoms with Gasteiger partial charge < -0.3 is 13.8 Å². The monoisotopic (exact) mass is 424 g/mol. The van der Waals surface area contributed by atoms with E-state index >= 15 is 0 Å². The third-order valence-electron chi connectivity index (χ3n) is 5.48. The zero-order valence-electron chi connectivity index (χ0n) is 16.4. The van der Waals surface area contributed by atoms with E-state index in [4.69, 9.17) is 20.9 Å². The maximum absolute atomic E-state index is 12.8. The standard InChI is InChI=1S/C19H18BClN6O3/c1-26-15-17(24-19(26)20)22-9-27(18(15)28)7-14-23-16(25-30-14)11-6-13(29-8-11)10-2-4-12(21)5-3-10/h2-5,9,11,13H,6-8,20H2,1H3/t11-,13+/m0/s1. The Kier molecular flexibility index (Phi) is 4.67. The molecule has 5 rings (SSSR count). The molecule has 0 amide bonds. The van der Waals surface area contributed by atoms with Gasteiger partial charge in [-0.25, -0.2) is 9.97 Å². The quantitative estimate of drug-likeness (QED) is 0.445. The van der Waals surface area contributed by atoms with Crippen LogP contribution in [-0.2, 0) is 18.3 Å². The maximum Gasteiger partial charge on any atom is 0.280 e. The molecular formula is C19H18BClN6O3.